The fourth-order valence-electron chi connectivity index (χ4n) is 1.98. The number of aromatic nitrogens is 2. The molecule has 3 N–H and O–H groups in total. The lowest BCUT2D eigenvalue weighted by molar-refractivity contribution is -0.613. The van der Waals surface area contributed by atoms with E-state index in [0.717, 1.165) is 12.6 Å². The third kappa shape index (κ3) is 8.25. The van der Waals surface area contributed by atoms with Crippen LogP contribution in [-0.2, 0) is 4.79 Å². The van der Waals surface area contributed by atoms with Gasteiger partial charge in [0, 0.05) is 26.4 Å². The third-order valence-electron chi connectivity index (χ3n) is 3.48. The number of rotatable bonds is 10. The molecule has 8 nitrogen and oxygen atoms in total. The normalized spacial score (nSPS) is 12.1. The number of carbonyl (C=O) groups excluding carboxylic acids is 2. The van der Waals surface area contributed by atoms with Crippen molar-refractivity contribution in [1.82, 2.24) is 15.6 Å². The molecule has 8 heteroatoms. The second-order valence-corrected chi connectivity index (χ2v) is 5.66. The minimum atomic E-state index is -0.637. The molecule has 0 aliphatic rings. The number of hydrogen-bond donors (Lipinski definition) is 3. The van der Waals surface area contributed by atoms with E-state index < -0.39 is 12.0 Å². The van der Waals surface area contributed by atoms with E-state index >= 15 is 0 Å². The number of aryl methyl sites for hydroxylation is 1. The average molecular weight is 350 g/mol. The maximum Gasteiger partial charge on any atom is 0.276 e. The van der Waals surface area contributed by atoms with Crippen molar-refractivity contribution in [3.05, 3.63) is 41.1 Å². The molecule has 138 valence electrons. The zero-order valence-electron chi connectivity index (χ0n) is 14.7. The van der Waals surface area contributed by atoms with Gasteiger partial charge in [-0.2, -0.15) is 4.73 Å². The van der Waals surface area contributed by atoms with E-state index in [0.29, 0.717) is 36.2 Å². The Balaban J connectivity index is 2.20. The number of hydrogen-bond acceptors (Lipinski definition) is 5. The minimum absolute atomic E-state index is 0.0301. The van der Waals surface area contributed by atoms with Crippen molar-refractivity contribution in [1.29, 1.82) is 0 Å². The largest absolute Gasteiger partial charge is 0.618 e. The Morgan fingerprint density at radius 3 is 2.64 bits per heavy atom. The van der Waals surface area contributed by atoms with Gasteiger partial charge in [0.1, 0.15) is 0 Å². The lowest BCUT2D eigenvalue weighted by Crippen LogP contribution is -2.35. The Morgan fingerprint density at radius 2 is 2.00 bits per heavy atom. The van der Waals surface area contributed by atoms with Crippen LogP contribution in [0, 0.1) is 12.1 Å². The fourth-order valence-corrected chi connectivity index (χ4v) is 1.98. The number of amides is 2. The molecule has 0 saturated heterocycles. The predicted octanol–water partition coefficient (Wildman–Crippen LogP) is 0.367. The topological polar surface area (TPSA) is 118 Å². The maximum atomic E-state index is 11.8. The van der Waals surface area contributed by atoms with Gasteiger partial charge in [0.05, 0.1) is 12.3 Å². The molecular formula is C17H26N4O4. The molecule has 1 rings (SSSR count). The quantitative estimate of drug-likeness (QED) is 0.320. The summed E-state index contributed by atoms with van der Waals surface area (Å²) in [4.78, 5) is 27.2. The first-order chi connectivity index (χ1) is 11.9. The summed E-state index contributed by atoms with van der Waals surface area (Å²) in [7, 11) is 0. The van der Waals surface area contributed by atoms with Crippen LogP contribution in [0.1, 0.15) is 48.8 Å². The summed E-state index contributed by atoms with van der Waals surface area (Å²) in [6, 6.07) is 0. The third-order valence-corrected chi connectivity index (χ3v) is 3.48. The molecule has 1 unspecified atom stereocenters. The van der Waals surface area contributed by atoms with Gasteiger partial charge in [-0.25, -0.2) is 4.98 Å². The molecule has 0 radical (unpaired) electrons. The highest BCUT2D eigenvalue weighted by molar-refractivity contribution is 5.91. The van der Waals surface area contributed by atoms with Gasteiger partial charge in [-0.15, -0.1) is 0 Å². The van der Waals surface area contributed by atoms with Crippen LogP contribution in [0.15, 0.2) is 24.5 Å². The molecule has 0 aromatic carbocycles. The molecule has 1 heterocycles. The van der Waals surface area contributed by atoms with E-state index in [9.17, 15) is 19.9 Å². The van der Waals surface area contributed by atoms with Gasteiger partial charge in [0.2, 0.25) is 17.8 Å². The van der Waals surface area contributed by atoms with E-state index in [1.54, 1.807) is 6.92 Å². The molecule has 25 heavy (non-hydrogen) atoms. The van der Waals surface area contributed by atoms with Crippen molar-refractivity contribution < 1.29 is 19.4 Å². The van der Waals surface area contributed by atoms with Crippen LogP contribution < -0.4 is 15.4 Å². The highest BCUT2D eigenvalue weighted by Gasteiger charge is 2.13. The summed E-state index contributed by atoms with van der Waals surface area (Å²) < 4.78 is 0.579. The molecule has 0 spiro atoms. The summed E-state index contributed by atoms with van der Waals surface area (Å²) >= 11 is 0. The Kier molecular flexibility index (Phi) is 9.16. The van der Waals surface area contributed by atoms with Crippen molar-refractivity contribution in [3.63, 3.8) is 0 Å². The van der Waals surface area contributed by atoms with Gasteiger partial charge in [-0.1, -0.05) is 19.1 Å². The van der Waals surface area contributed by atoms with E-state index in [2.05, 4.69) is 15.6 Å². The highest BCUT2D eigenvalue weighted by Crippen LogP contribution is 1.97. The second kappa shape index (κ2) is 11.1. The fraction of sp³-hybridized carbons (Fsp3) is 0.529. The first kappa shape index (κ1) is 20.6. The van der Waals surface area contributed by atoms with Crippen molar-refractivity contribution in [3.8, 4) is 0 Å². The van der Waals surface area contributed by atoms with Crippen LogP contribution in [0.2, 0.25) is 0 Å². The standard InChI is InChI=1S/C17H26N4O4/c1-3-4-5-6-16(23)18-9-7-14(22)8-10-19-17(24)15-12-21(25)13(2)11-20-15/h4-5,11-12,14,22H,3,6-10H2,1-2H3,(H,18,23)(H,19,24)/b5-4-. The molecule has 2 amide bonds. The molecule has 1 atom stereocenters. The minimum Gasteiger partial charge on any atom is -0.618 e. The van der Waals surface area contributed by atoms with Crippen molar-refractivity contribution >= 4 is 11.8 Å². The molecule has 0 saturated carbocycles. The summed E-state index contributed by atoms with van der Waals surface area (Å²) in [5, 5.41) is 26.6. The van der Waals surface area contributed by atoms with Gasteiger partial charge in [-0.3, -0.25) is 9.59 Å². The summed E-state index contributed by atoms with van der Waals surface area (Å²) in [6.07, 6.45) is 7.53. The molecular weight excluding hydrogens is 324 g/mol. The second-order valence-electron chi connectivity index (χ2n) is 5.66. The Hall–Kier alpha value is -2.48. The molecule has 1 aromatic rings. The number of allylic oxidation sites excluding steroid dienone is 1. The Bertz CT molecular complexity index is 604. The van der Waals surface area contributed by atoms with Crippen LogP contribution in [0.3, 0.4) is 0 Å². The van der Waals surface area contributed by atoms with E-state index in [-0.39, 0.29) is 18.1 Å². The van der Waals surface area contributed by atoms with Crippen LogP contribution in [-0.4, -0.2) is 41.1 Å². The number of nitrogens with one attached hydrogen (secondary N) is 2. The van der Waals surface area contributed by atoms with Crippen LogP contribution in [0.25, 0.3) is 0 Å². The SMILES string of the molecule is CC/C=C\CC(=O)NCCC(O)CCNC(=O)c1c[n+]([O-])c(C)cn1. The Morgan fingerprint density at radius 1 is 1.32 bits per heavy atom. The van der Waals surface area contributed by atoms with Gasteiger partial charge in [-0.05, 0) is 19.3 Å². The molecule has 0 fully saturated rings. The molecule has 0 aliphatic heterocycles. The number of aliphatic hydroxyl groups excluding tert-OH is 1. The van der Waals surface area contributed by atoms with Crippen molar-refractivity contribution in [2.24, 2.45) is 0 Å². The first-order valence-corrected chi connectivity index (χ1v) is 8.37. The van der Waals surface area contributed by atoms with Crippen molar-refractivity contribution in [2.45, 2.75) is 45.6 Å². The average Bonchev–Trinajstić information content (AvgIpc) is 2.57. The zero-order chi connectivity index (χ0) is 18.7. The van der Waals surface area contributed by atoms with E-state index in [1.165, 1.54) is 6.20 Å². The smallest absolute Gasteiger partial charge is 0.276 e. The lowest BCUT2D eigenvalue weighted by atomic mass is 10.2. The zero-order valence-corrected chi connectivity index (χ0v) is 14.7. The number of aliphatic hydroxyl groups is 1. The van der Waals surface area contributed by atoms with Gasteiger partial charge >= 0.3 is 0 Å². The summed E-state index contributed by atoms with van der Waals surface area (Å²) in [5.74, 6) is -0.547. The molecule has 1 aromatic heterocycles. The Labute approximate surface area is 147 Å². The monoisotopic (exact) mass is 350 g/mol. The number of carbonyl (C=O) groups is 2. The van der Waals surface area contributed by atoms with Crippen LogP contribution in [0.5, 0.6) is 0 Å². The van der Waals surface area contributed by atoms with E-state index in [4.69, 9.17) is 0 Å². The lowest BCUT2D eigenvalue weighted by Gasteiger charge is -2.11. The van der Waals surface area contributed by atoms with Gasteiger partial charge in [0.15, 0.2) is 5.69 Å². The van der Waals surface area contributed by atoms with Crippen LogP contribution >= 0.6 is 0 Å². The molecule has 0 aliphatic carbocycles. The molecule has 0 bridgehead atoms. The maximum absolute atomic E-state index is 11.8. The van der Waals surface area contributed by atoms with Crippen molar-refractivity contribution in [2.75, 3.05) is 13.1 Å². The van der Waals surface area contributed by atoms with Gasteiger partial charge < -0.3 is 20.9 Å². The first-order valence-electron chi connectivity index (χ1n) is 8.37. The predicted molar refractivity (Wildman–Crippen MR) is 92.6 cm³/mol. The van der Waals surface area contributed by atoms with Gasteiger partial charge in [0.25, 0.3) is 5.91 Å². The number of nitrogens with zero attached hydrogens (tertiary/aromatic N) is 2. The van der Waals surface area contributed by atoms with Crippen LogP contribution in [0.4, 0.5) is 0 Å². The highest BCUT2D eigenvalue weighted by atomic mass is 16.5. The summed E-state index contributed by atoms with van der Waals surface area (Å²) in [6.45, 7) is 4.22. The van der Waals surface area contributed by atoms with E-state index in [1.807, 2.05) is 19.1 Å². The summed E-state index contributed by atoms with van der Waals surface area (Å²) in [5.41, 5.74) is 0.432.